The number of carbonyl (C=O) groups excluding carboxylic acids is 2. The number of hydrazine groups is 1. The number of ether oxygens (including phenoxy) is 1. The van der Waals surface area contributed by atoms with E-state index >= 15 is 0 Å². The normalized spacial score (nSPS) is 9.69. The average molecular weight is 334 g/mol. The number of esters is 1. The summed E-state index contributed by atoms with van der Waals surface area (Å²) in [5.74, 6) is 3.71. The van der Waals surface area contributed by atoms with Gasteiger partial charge in [-0.1, -0.05) is 12.1 Å². The monoisotopic (exact) mass is 334 g/mol. The van der Waals surface area contributed by atoms with Crippen LogP contribution in [-0.2, 0) is 14.3 Å². The molecule has 0 heterocycles. The van der Waals surface area contributed by atoms with Gasteiger partial charge < -0.3 is 4.74 Å². The molecule has 0 fully saturated rings. The minimum atomic E-state index is -0.954. The van der Waals surface area contributed by atoms with Crippen molar-refractivity contribution in [2.45, 2.75) is 6.92 Å². The standard InChI is InChI=1S/C10H11IN2O3/c1-2-16-10(15)9(14)13(12)8-6-4-3-5-7(8)11/h3-6H,2,12H2,1H3. The van der Waals surface area contributed by atoms with Crippen LogP contribution < -0.4 is 10.9 Å². The highest BCUT2D eigenvalue weighted by Gasteiger charge is 2.23. The molecule has 0 saturated heterocycles. The number of halogens is 1. The lowest BCUT2D eigenvalue weighted by molar-refractivity contribution is -0.153. The quantitative estimate of drug-likeness (QED) is 0.219. The largest absolute Gasteiger partial charge is 0.459 e. The van der Waals surface area contributed by atoms with E-state index in [1.807, 2.05) is 28.7 Å². The summed E-state index contributed by atoms with van der Waals surface area (Å²) < 4.78 is 5.35. The van der Waals surface area contributed by atoms with Crippen LogP contribution in [0.3, 0.4) is 0 Å². The molecule has 0 aliphatic rings. The van der Waals surface area contributed by atoms with Gasteiger partial charge >= 0.3 is 11.9 Å². The van der Waals surface area contributed by atoms with Crippen LogP contribution >= 0.6 is 22.6 Å². The van der Waals surface area contributed by atoms with Crippen LogP contribution in [0.1, 0.15) is 6.92 Å². The number of anilines is 1. The van der Waals surface area contributed by atoms with Gasteiger partial charge in [0.25, 0.3) is 0 Å². The Morgan fingerprint density at radius 3 is 2.62 bits per heavy atom. The summed E-state index contributed by atoms with van der Waals surface area (Å²) in [4.78, 5) is 22.7. The Morgan fingerprint density at radius 2 is 2.06 bits per heavy atom. The minimum absolute atomic E-state index is 0.143. The van der Waals surface area contributed by atoms with E-state index < -0.39 is 11.9 Å². The lowest BCUT2D eigenvalue weighted by atomic mass is 10.3. The van der Waals surface area contributed by atoms with Gasteiger partial charge in [-0.05, 0) is 41.6 Å². The van der Waals surface area contributed by atoms with E-state index in [9.17, 15) is 9.59 Å². The van der Waals surface area contributed by atoms with Gasteiger partial charge in [0.05, 0.1) is 12.3 Å². The maximum atomic E-state index is 11.5. The minimum Gasteiger partial charge on any atom is -0.459 e. The van der Waals surface area contributed by atoms with E-state index in [0.29, 0.717) is 5.69 Å². The molecule has 0 radical (unpaired) electrons. The van der Waals surface area contributed by atoms with Crippen LogP contribution in [-0.4, -0.2) is 18.5 Å². The van der Waals surface area contributed by atoms with Crippen molar-refractivity contribution in [2.24, 2.45) is 5.84 Å². The number of nitrogens with zero attached hydrogens (tertiary/aromatic N) is 1. The van der Waals surface area contributed by atoms with Gasteiger partial charge in [0, 0.05) is 3.57 Å². The predicted octanol–water partition coefficient (Wildman–Crippen LogP) is 1.06. The second kappa shape index (κ2) is 5.80. The maximum absolute atomic E-state index is 11.5. The molecule has 5 nitrogen and oxygen atoms in total. The van der Waals surface area contributed by atoms with Gasteiger partial charge in [-0.2, -0.15) is 0 Å². The zero-order valence-corrected chi connectivity index (χ0v) is 10.8. The molecular weight excluding hydrogens is 323 g/mol. The zero-order valence-electron chi connectivity index (χ0n) is 8.64. The van der Waals surface area contributed by atoms with Crippen molar-refractivity contribution in [1.82, 2.24) is 0 Å². The van der Waals surface area contributed by atoms with Crippen molar-refractivity contribution >= 4 is 40.2 Å². The van der Waals surface area contributed by atoms with Gasteiger partial charge in [0.2, 0.25) is 0 Å². The Hall–Kier alpha value is -1.15. The fourth-order valence-electron chi connectivity index (χ4n) is 1.05. The van der Waals surface area contributed by atoms with E-state index in [4.69, 9.17) is 5.84 Å². The smallest absolute Gasteiger partial charge is 0.398 e. The summed E-state index contributed by atoms with van der Waals surface area (Å²) in [6.45, 7) is 1.77. The molecule has 16 heavy (non-hydrogen) atoms. The first-order chi connectivity index (χ1) is 7.57. The van der Waals surface area contributed by atoms with Gasteiger partial charge in [-0.3, -0.25) is 4.79 Å². The molecular formula is C10H11IN2O3. The molecule has 1 aromatic carbocycles. The van der Waals surface area contributed by atoms with Gasteiger partial charge in [-0.25, -0.2) is 15.6 Å². The van der Waals surface area contributed by atoms with Crippen molar-refractivity contribution in [1.29, 1.82) is 0 Å². The fraction of sp³-hybridized carbons (Fsp3) is 0.200. The Labute approximate surface area is 107 Å². The Balaban J connectivity index is 2.86. The van der Waals surface area contributed by atoms with E-state index in [0.717, 1.165) is 8.58 Å². The Bertz CT molecular complexity index is 409. The third-order valence-electron chi connectivity index (χ3n) is 1.78. The fourth-order valence-corrected chi connectivity index (χ4v) is 1.69. The van der Waals surface area contributed by atoms with Crippen LogP contribution in [0.2, 0.25) is 0 Å². The van der Waals surface area contributed by atoms with Crippen molar-refractivity contribution in [3.63, 3.8) is 0 Å². The predicted molar refractivity (Wildman–Crippen MR) is 67.5 cm³/mol. The first-order valence-corrected chi connectivity index (χ1v) is 5.66. The van der Waals surface area contributed by atoms with Crippen molar-refractivity contribution in [2.75, 3.05) is 11.6 Å². The van der Waals surface area contributed by atoms with E-state index in [-0.39, 0.29) is 6.61 Å². The number of nitrogens with two attached hydrogens (primary N) is 1. The second-order valence-corrected chi connectivity index (χ2v) is 4.01. The van der Waals surface area contributed by atoms with Crippen molar-refractivity contribution in [3.8, 4) is 0 Å². The second-order valence-electron chi connectivity index (χ2n) is 2.85. The highest BCUT2D eigenvalue weighted by molar-refractivity contribution is 14.1. The number of para-hydroxylation sites is 1. The van der Waals surface area contributed by atoms with Crippen LogP contribution in [0.4, 0.5) is 5.69 Å². The summed E-state index contributed by atoms with van der Waals surface area (Å²) in [6.07, 6.45) is 0. The maximum Gasteiger partial charge on any atom is 0.398 e. The first-order valence-electron chi connectivity index (χ1n) is 4.58. The molecule has 0 atom stereocenters. The number of hydrogen-bond donors (Lipinski definition) is 1. The number of carbonyl (C=O) groups is 2. The van der Waals surface area contributed by atoms with E-state index in [1.165, 1.54) is 0 Å². The SMILES string of the molecule is CCOC(=O)C(=O)N(N)c1ccccc1I. The number of benzene rings is 1. The van der Waals surface area contributed by atoms with Crippen LogP contribution in [0.5, 0.6) is 0 Å². The molecule has 1 aromatic rings. The molecule has 0 saturated carbocycles. The van der Waals surface area contributed by atoms with Gasteiger partial charge in [-0.15, -0.1) is 0 Å². The van der Waals surface area contributed by atoms with Crippen LogP contribution in [0, 0.1) is 3.57 Å². The highest BCUT2D eigenvalue weighted by atomic mass is 127. The lowest BCUT2D eigenvalue weighted by Crippen LogP contribution is -2.43. The topological polar surface area (TPSA) is 72.6 Å². The van der Waals surface area contributed by atoms with E-state index in [2.05, 4.69) is 4.74 Å². The molecule has 0 aliphatic carbocycles. The summed E-state index contributed by atoms with van der Waals surface area (Å²) in [6, 6.07) is 6.98. The highest BCUT2D eigenvalue weighted by Crippen LogP contribution is 2.19. The van der Waals surface area contributed by atoms with Crippen molar-refractivity contribution < 1.29 is 14.3 Å². The van der Waals surface area contributed by atoms with Crippen LogP contribution in [0.15, 0.2) is 24.3 Å². The van der Waals surface area contributed by atoms with Gasteiger partial charge in [0.1, 0.15) is 0 Å². The number of amides is 1. The third-order valence-corrected chi connectivity index (χ3v) is 2.69. The summed E-state index contributed by atoms with van der Waals surface area (Å²) in [7, 11) is 0. The third kappa shape index (κ3) is 2.92. The molecule has 1 amide bonds. The Morgan fingerprint density at radius 1 is 1.44 bits per heavy atom. The molecule has 1 rings (SSSR count). The van der Waals surface area contributed by atoms with Crippen molar-refractivity contribution in [3.05, 3.63) is 27.8 Å². The molecule has 86 valence electrons. The average Bonchev–Trinajstić information content (AvgIpc) is 2.28. The summed E-state index contributed by atoms with van der Waals surface area (Å²) >= 11 is 2.03. The summed E-state index contributed by atoms with van der Waals surface area (Å²) in [5.41, 5.74) is 0.473. The molecule has 0 bridgehead atoms. The van der Waals surface area contributed by atoms with E-state index in [1.54, 1.807) is 25.1 Å². The molecule has 0 aliphatic heterocycles. The molecule has 0 unspecified atom stereocenters. The number of rotatable bonds is 2. The zero-order chi connectivity index (χ0) is 12.1. The van der Waals surface area contributed by atoms with Crippen LogP contribution in [0.25, 0.3) is 0 Å². The van der Waals surface area contributed by atoms with Gasteiger partial charge in [0.15, 0.2) is 0 Å². The number of hydrogen-bond acceptors (Lipinski definition) is 4. The lowest BCUT2D eigenvalue weighted by Gasteiger charge is -2.16. The molecule has 0 spiro atoms. The summed E-state index contributed by atoms with van der Waals surface area (Å²) in [5, 5.41) is 0.791. The molecule has 6 heteroatoms. The molecule has 2 N–H and O–H groups in total. The molecule has 0 aromatic heterocycles. The Kier molecular flexibility index (Phi) is 4.69. The first kappa shape index (κ1) is 12.9.